The number of carboxylic acids is 1. The van der Waals surface area contributed by atoms with Crippen LogP contribution in [0.4, 0.5) is 5.69 Å². The minimum absolute atomic E-state index is 0.0134. The van der Waals surface area contributed by atoms with Gasteiger partial charge >= 0.3 is 5.97 Å². The summed E-state index contributed by atoms with van der Waals surface area (Å²) in [5.41, 5.74) is 2.17. The molecule has 1 atom stereocenters. The van der Waals surface area contributed by atoms with E-state index in [0.29, 0.717) is 39.5 Å². The van der Waals surface area contributed by atoms with Gasteiger partial charge in [-0.1, -0.05) is 50.4 Å². The monoisotopic (exact) mass is 492 g/mol. The number of fused-ring (bicyclic) bond motifs is 1. The van der Waals surface area contributed by atoms with E-state index in [9.17, 15) is 19.0 Å². The highest BCUT2D eigenvalue weighted by Crippen LogP contribution is 2.59. The van der Waals surface area contributed by atoms with Crippen molar-refractivity contribution in [3.63, 3.8) is 0 Å². The van der Waals surface area contributed by atoms with Crippen LogP contribution in [-0.4, -0.2) is 50.2 Å². The predicted molar refractivity (Wildman–Crippen MR) is 136 cm³/mol. The van der Waals surface area contributed by atoms with Crippen molar-refractivity contribution in [1.82, 2.24) is 4.31 Å². The first-order chi connectivity index (χ1) is 15.6. The van der Waals surface area contributed by atoms with E-state index >= 15 is 0 Å². The van der Waals surface area contributed by atoms with Crippen LogP contribution >= 0.6 is 22.4 Å². The molecule has 180 valence electrons. The van der Waals surface area contributed by atoms with Crippen molar-refractivity contribution in [2.24, 2.45) is 5.92 Å². The van der Waals surface area contributed by atoms with Gasteiger partial charge in [-0.15, -0.1) is 10.8 Å². The lowest BCUT2D eigenvalue weighted by Crippen LogP contribution is -2.44. The summed E-state index contributed by atoms with van der Waals surface area (Å²) in [6.07, 6.45) is 5.36. The zero-order valence-corrected chi connectivity index (χ0v) is 20.9. The summed E-state index contributed by atoms with van der Waals surface area (Å²) in [5.74, 6) is -0.604. The third-order valence-electron chi connectivity index (χ3n) is 6.91. The van der Waals surface area contributed by atoms with E-state index < -0.39 is 16.7 Å². The maximum atomic E-state index is 11.5. The van der Waals surface area contributed by atoms with Crippen molar-refractivity contribution in [2.45, 2.75) is 62.9 Å². The Morgan fingerprint density at radius 1 is 1.18 bits per heavy atom. The van der Waals surface area contributed by atoms with Gasteiger partial charge in [0.1, 0.15) is 0 Å². The Balaban J connectivity index is 1.88. The number of likely N-dealkylation sites (N-methyl/N-ethyl adjacent to an activating group) is 1. The lowest BCUT2D eigenvalue weighted by Gasteiger charge is -2.43. The predicted octanol–water partition coefficient (Wildman–Crippen LogP) is 6.84. The van der Waals surface area contributed by atoms with Crippen molar-refractivity contribution in [3.8, 4) is 11.1 Å². The Morgan fingerprint density at radius 3 is 2.52 bits per heavy atom. The summed E-state index contributed by atoms with van der Waals surface area (Å²) in [6.45, 7) is 5.02. The third-order valence-corrected chi connectivity index (χ3v) is 9.24. The van der Waals surface area contributed by atoms with Crippen LogP contribution in [0, 0.1) is 5.92 Å². The van der Waals surface area contributed by atoms with E-state index in [-0.39, 0.29) is 11.6 Å². The van der Waals surface area contributed by atoms with Crippen LogP contribution in [0.2, 0.25) is 5.02 Å². The van der Waals surface area contributed by atoms with Gasteiger partial charge in [-0.3, -0.25) is 9.11 Å². The molecule has 0 bridgehead atoms. The second-order valence-corrected chi connectivity index (χ2v) is 12.1. The molecule has 3 N–H and O–H groups in total. The fraction of sp³-hybridized carbons (Fsp3) is 0.480. The summed E-state index contributed by atoms with van der Waals surface area (Å²) >= 11 is 6.76. The van der Waals surface area contributed by atoms with Crippen molar-refractivity contribution in [2.75, 3.05) is 18.5 Å². The molecule has 2 aromatic carbocycles. The van der Waals surface area contributed by atoms with Crippen LogP contribution in [0.15, 0.2) is 41.3 Å². The zero-order chi connectivity index (χ0) is 23.9. The molecule has 33 heavy (non-hydrogen) atoms. The Hall–Kier alpha value is -1.77. The van der Waals surface area contributed by atoms with Crippen molar-refractivity contribution in [3.05, 3.63) is 47.0 Å². The Kier molecular flexibility index (Phi) is 6.99. The maximum absolute atomic E-state index is 11.5. The van der Waals surface area contributed by atoms with Crippen molar-refractivity contribution >= 4 is 34.0 Å². The normalized spacial score (nSPS) is 22.3. The number of hydrogen-bond acceptors (Lipinski definition) is 5. The van der Waals surface area contributed by atoms with Gasteiger partial charge in [-0.2, -0.15) is 0 Å². The summed E-state index contributed by atoms with van der Waals surface area (Å²) in [7, 11) is -1.48. The molecule has 1 unspecified atom stereocenters. The Morgan fingerprint density at radius 2 is 1.88 bits per heavy atom. The summed E-state index contributed by atoms with van der Waals surface area (Å²) < 4.78 is 24.8. The average molecular weight is 493 g/mol. The minimum atomic E-state index is -3.27. The van der Waals surface area contributed by atoms with Gasteiger partial charge in [0, 0.05) is 31.2 Å². The first-order valence-corrected chi connectivity index (χ1v) is 13.4. The molecule has 1 aliphatic carbocycles. The van der Waals surface area contributed by atoms with Crippen LogP contribution in [-0.2, 0) is 0 Å². The minimum Gasteiger partial charge on any atom is -0.478 e. The molecule has 2 aliphatic rings. The van der Waals surface area contributed by atoms with Crippen LogP contribution in [0.5, 0.6) is 0 Å². The SMILES string of the molecule is CC(C)CC1CN(C2CCCC2)c2cc(Cl)c(-c3cccc(C(=O)O)c3)cc2S(O)(O)N1C. The lowest BCUT2D eigenvalue weighted by atomic mass is 10.0. The summed E-state index contributed by atoms with van der Waals surface area (Å²) in [5, 5.41) is 9.88. The molecule has 0 aromatic heterocycles. The number of benzene rings is 2. The molecule has 0 spiro atoms. The Bertz CT molecular complexity index is 1040. The molecule has 1 aliphatic heterocycles. The van der Waals surface area contributed by atoms with Crippen LogP contribution < -0.4 is 4.90 Å². The van der Waals surface area contributed by atoms with E-state index in [4.69, 9.17) is 11.6 Å². The number of aromatic carboxylic acids is 1. The van der Waals surface area contributed by atoms with E-state index in [2.05, 4.69) is 18.7 Å². The largest absolute Gasteiger partial charge is 0.478 e. The van der Waals surface area contributed by atoms with Gasteiger partial charge in [0.05, 0.1) is 21.2 Å². The molecule has 6 nitrogen and oxygen atoms in total. The number of halogens is 1. The van der Waals surface area contributed by atoms with Gasteiger partial charge < -0.3 is 10.0 Å². The highest BCUT2D eigenvalue weighted by Gasteiger charge is 2.40. The fourth-order valence-corrected chi connectivity index (χ4v) is 7.04. The van der Waals surface area contributed by atoms with Gasteiger partial charge in [-0.25, -0.2) is 9.10 Å². The average Bonchev–Trinajstić information content (AvgIpc) is 3.28. The van der Waals surface area contributed by atoms with Gasteiger partial charge in [0.25, 0.3) is 0 Å². The van der Waals surface area contributed by atoms with E-state index in [1.807, 2.05) is 6.07 Å². The smallest absolute Gasteiger partial charge is 0.335 e. The van der Waals surface area contributed by atoms with Crippen molar-refractivity contribution < 1.29 is 19.0 Å². The first kappa shape index (κ1) is 24.4. The molecule has 2 aromatic rings. The number of nitrogens with zero attached hydrogens (tertiary/aromatic N) is 2. The van der Waals surface area contributed by atoms with Crippen molar-refractivity contribution in [1.29, 1.82) is 0 Å². The molecule has 1 fully saturated rings. The highest BCUT2D eigenvalue weighted by atomic mass is 35.5. The second-order valence-electron chi connectivity index (χ2n) is 9.62. The molecule has 0 saturated heterocycles. The number of anilines is 1. The maximum Gasteiger partial charge on any atom is 0.335 e. The lowest BCUT2D eigenvalue weighted by molar-refractivity contribution is 0.0697. The van der Waals surface area contributed by atoms with Gasteiger partial charge in [-0.05, 0) is 55.0 Å². The standard InChI is InChI=1S/C25H33ClN2O4S/c1-16(2)11-20-15-28(19-9-4-5-10-19)23-14-22(26)21(13-24(23)33(31,32)27(20)3)17-7-6-8-18(12-17)25(29)30/h6-8,12-14,16,19-20,31-32H,4-5,9-11,15H2,1-3H3,(H,29,30). The molecule has 8 heteroatoms. The number of carbonyl (C=O) groups is 1. The molecular weight excluding hydrogens is 460 g/mol. The first-order valence-electron chi connectivity index (χ1n) is 11.5. The second kappa shape index (κ2) is 9.47. The highest BCUT2D eigenvalue weighted by molar-refractivity contribution is 8.22. The molecular formula is C25H33ClN2O4S. The van der Waals surface area contributed by atoms with Crippen LogP contribution in [0.3, 0.4) is 0 Å². The molecule has 0 amide bonds. The number of carboxylic acid groups (broad SMARTS) is 1. The quantitative estimate of drug-likeness (QED) is 0.423. The van der Waals surface area contributed by atoms with E-state index in [0.717, 1.165) is 24.9 Å². The van der Waals surface area contributed by atoms with Gasteiger partial charge in [0.2, 0.25) is 0 Å². The zero-order valence-electron chi connectivity index (χ0n) is 19.4. The van der Waals surface area contributed by atoms with E-state index in [1.54, 1.807) is 35.6 Å². The topological polar surface area (TPSA) is 84.2 Å². The summed E-state index contributed by atoms with van der Waals surface area (Å²) in [4.78, 5) is 14.3. The van der Waals surface area contributed by atoms with Crippen LogP contribution in [0.25, 0.3) is 11.1 Å². The number of rotatable bonds is 5. The molecule has 0 radical (unpaired) electrons. The molecule has 1 saturated carbocycles. The van der Waals surface area contributed by atoms with Gasteiger partial charge in [0.15, 0.2) is 0 Å². The third kappa shape index (κ3) is 4.75. The fourth-order valence-electron chi connectivity index (χ4n) is 5.16. The molecule has 1 heterocycles. The number of hydrogen-bond donors (Lipinski definition) is 3. The van der Waals surface area contributed by atoms with Crippen LogP contribution in [0.1, 0.15) is 56.3 Å². The van der Waals surface area contributed by atoms with E-state index in [1.165, 1.54) is 18.9 Å². The summed E-state index contributed by atoms with van der Waals surface area (Å²) in [6, 6.07) is 10.5. The Labute approximate surface area is 202 Å². The molecule has 4 rings (SSSR count).